The second-order valence-corrected chi connectivity index (χ2v) is 3.70. The van der Waals surface area contributed by atoms with Crippen molar-refractivity contribution in [3.63, 3.8) is 0 Å². The molecule has 1 N–H and O–H groups in total. The van der Waals surface area contributed by atoms with E-state index < -0.39 is 0 Å². The molecule has 1 aromatic rings. The van der Waals surface area contributed by atoms with Crippen LogP contribution in [0.25, 0.3) is 0 Å². The van der Waals surface area contributed by atoms with Gasteiger partial charge in [-0.2, -0.15) is 0 Å². The summed E-state index contributed by atoms with van der Waals surface area (Å²) in [5.74, 6) is 0.949. The number of pyridine rings is 1. The fourth-order valence-corrected chi connectivity index (χ4v) is 1.70. The minimum Gasteiger partial charge on any atom is -0.490 e. The molecule has 0 bridgehead atoms. The molecule has 3 nitrogen and oxygen atoms in total. The highest BCUT2D eigenvalue weighted by molar-refractivity contribution is 5.22. The zero-order chi connectivity index (χ0) is 9.80. The smallest absolute Gasteiger partial charge is 0.123 e. The first-order valence-electron chi connectivity index (χ1n) is 5.14. The van der Waals surface area contributed by atoms with E-state index in [1.165, 1.54) is 0 Å². The predicted octanol–water partition coefficient (Wildman–Crippen LogP) is 1.52. The lowest BCUT2D eigenvalue weighted by atomic mass is 10.1. The minimum absolute atomic E-state index is 0.373. The summed E-state index contributed by atoms with van der Waals surface area (Å²) < 4.78 is 5.86. The first kappa shape index (κ1) is 9.46. The summed E-state index contributed by atoms with van der Waals surface area (Å²) in [7, 11) is 0. The molecule has 1 aliphatic heterocycles. The Bertz CT molecular complexity index is 295. The predicted molar refractivity (Wildman–Crippen MR) is 55.5 cm³/mol. The third kappa shape index (κ3) is 2.45. The maximum absolute atomic E-state index is 5.86. The maximum Gasteiger partial charge on any atom is 0.123 e. The van der Waals surface area contributed by atoms with Gasteiger partial charge in [-0.05, 0) is 38.9 Å². The number of nitrogens with zero attached hydrogens (tertiary/aromatic N) is 1. The molecule has 0 spiro atoms. The van der Waals surface area contributed by atoms with Crippen molar-refractivity contribution < 1.29 is 4.74 Å². The molecule has 14 heavy (non-hydrogen) atoms. The van der Waals surface area contributed by atoms with Crippen LogP contribution in [0.4, 0.5) is 0 Å². The molecule has 0 amide bonds. The third-order valence-electron chi connectivity index (χ3n) is 2.46. The summed E-state index contributed by atoms with van der Waals surface area (Å²) in [5, 5.41) is 3.32. The summed E-state index contributed by atoms with van der Waals surface area (Å²) in [5.41, 5.74) is 1.01. The Morgan fingerprint density at radius 3 is 2.93 bits per heavy atom. The van der Waals surface area contributed by atoms with Crippen LogP contribution >= 0.6 is 0 Å². The van der Waals surface area contributed by atoms with Crippen molar-refractivity contribution in [2.75, 3.05) is 13.1 Å². The molecule has 1 aromatic heterocycles. The molecule has 2 rings (SSSR count). The minimum atomic E-state index is 0.373. The van der Waals surface area contributed by atoms with Crippen molar-refractivity contribution in [2.24, 2.45) is 0 Å². The number of nitrogens with one attached hydrogen (secondary N) is 1. The topological polar surface area (TPSA) is 34.1 Å². The highest BCUT2D eigenvalue weighted by Gasteiger charge is 2.14. The quantitative estimate of drug-likeness (QED) is 0.771. The van der Waals surface area contributed by atoms with Gasteiger partial charge in [0.25, 0.3) is 0 Å². The van der Waals surface area contributed by atoms with Crippen molar-refractivity contribution in [2.45, 2.75) is 25.9 Å². The molecule has 1 aliphatic rings. The van der Waals surface area contributed by atoms with E-state index in [-0.39, 0.29) is 0 Å². The highest BCUT2D eigenvalue weighted by atomic mass is 16.5. The van der Waals surface area contributed by atoms with Crippen molar-refractivity contribution in [1.29, 1.82) is 0 Å². The van der Waals surface area contributed by atoms with Crippen molar-refractivity contribution in [3.05, 3.63) is 24.0 Å². The molecule has 3 heteroatoms. The Hall–Kier alpha value is -1.09. The largest absolute Gasteiger partial charge is 0.490 e. The molecule has 0 aliphatic carbocycles. The van der Waals surface area contributed by atoms with Crippen LogP contribution in [0.2, 0.25) is 0 Å². The Morgan fingerprint density at radius 2 is 2.21 bits per heavy atom. The number of aromatic nitrogens is 1. The molecule has 1 saturated heterocycles. The first-order chi connectivity index (χ1) is 6.84. The van der Waals surface area contributed by atoms with Crippen LogP contribution in [-0.2, 0) is 0 Å². The van der Waals surface area contributed by atoms with Gasteiger partial charge in [0.1, 0.15) is 11.9 Å². The van der Waals surface area contributed by atoms with E-state index in [0.29, 0.717) is 6.10 Å². The van der Waals surface area contributed by atoms with Crippen molar-refractivity contribution in [3.8, 4) is 5.75 Å². The standard InChI is InChI=1S/C11H16N2O/c1-9-8-11(4-7-13-9)14-10-2-5-12-6-3-10/h4,7-8,10,12H,2-3,5-6H2,1H3. The molecule has 0 aromatic carbocycles. The van der Waals surface area contributed by atoms with Gasteiger partial charge in [0, 0.05) is 18.0 Å². The van der Waals surface area contributed by atoms with Gasteiger partial charge in [0.15, 0.2) is 0 Å². The molecular weight excluding hydrogens is 176 g/mol. The molecule has 0 radical (unpaired) electrons. The van der Waals surface area contributed by atoms with Crippen LogP contribution < -0.4 is 10.1 Å². The van der Waals surface area contributed by atoms with E-state index >= 15 is 0 Å². The zero-order valence-electron chi connectivity index (χ0n) is 8.49. The lowest BCUT2D eigenvalue weighted by molar-refractivity contribution is 0.162. The van der Waals surface area contributed by atoms with E-state index in [4.69, 9.17) is 4.74 Å². The highest BCUT2D eigenvalue weighted by Crippen LogP contribution is 2.16. The van der Waals surface area contributed by atoms with Crippen LogP contribution in [0.1, 0.15) is 18.5 Å². The van der Waals surface area contributed by atoms with E-state index in [0.717, 1.165) is 37.4 Å². The summed E-state index contributed by atoms with van der Waals surface area (Å²) in [6, 6.07) is 3.91. The fourth-order valence-electron chi connectivity index (χ4n) is 1.70. The average Bonchev–Trinajstić information content (AvgIpc) is 2.19. The lowest BCUT2D eigenvalue weighted by Crippen LogP contribution is -2.34. The van der Waals surface area contributed by atoms with E-state index in [1.807, 2.05) is 19.1 Å². The SMILES string of the molecule is Cc1cc(OC2CCNCC2)ccn1. The summed E-state index contributed by atoms with van der Waals surface area (Å²) in [6.07, 6.45) is 4.37. The molecule has 76 valence electrons. The molecule has 0 atom stereocenters. The van der Waals surface area contributed by atoms with Gasteiger partial charge < -0.3 is 10.1 Å². The van der Waals surface area contributed by atoms with Gasteiger partial charge in [-0.3, -0.25) is 4.98 Å². The van der Waals surface area contributed by atoms with Gasteiger partial charge in [-0.25, -0.2) is 0 Å². The van der Waals surface area contributed by atoms with Crippen LogP contribution in [0.3, 0.4) is 0 Å². The van der Waals surface area contributed by atoms with Crippen LogP contribution in [-0.4, -0.2) is 24.2 Å². The molecule has 0 saturated carbocycles. The van der Waals surface area contributed by atoms with Crippen LogP contribution in [0.5, 0.6) is 5.75 Å². The van der Waals surface area contributed by atoms with Crippen molar-refractivity contribution in [1.82, 2.24) is 10.3 Å². The Kier molecular flexibility index (Phi) is 2.99. The summed E-state index contributed by atoms with van der Waals surface area (Å²) in [4.78, 5) is 4.14. The molecule has 0 unspecified atom stereocenters. The number of hydrogen-bond acceptors (Lipinski definition) is 3. The Morgan fingerprint density at radius 1 is 1.43 bits per heavy atom. The third-order valence-corrected chi connectivity index (χ3v) is 2.46. The normalized spacial score (nSPS) is 18.1. The van der Waals surface area contributed by atoms with E-state index in [2.05, 4.69) is 10.3 Å². The average molecular weight is 192 g/mol. The molecule has 2 heterocycles. The summed E-state index contributed by atoms with van der Waals surface area (Å²) in [6.45, 7) is 4.11. The number of piperidine rings is 1. The number of hydrogen-bond donors (Lipinski definition) is 1. The number of aryl methyl sites for hydroxylation is 1. The van der Waals surface area contributed by atoms with Gasteiger partial charge in [-0.1, -0.05) is 0 Å². The second-order valence-electron chi connectivity index (χ2n) is 3.70. The maximum atomic E-state index is 5.86. The van der Waals surface area contributed by atoms with Gasteiger partial charge >= 0.3 is 0 Å². The number of ether oxygens (including phenoxy) is 1. The first-order valence-corrected chi connectivity index (χ1v) is 5.14. The van der Waals surface area contributed by atoms with E-state index in [9.17, 15) is 0 Å². The number of rotatable bonds is 2. The monoisotopic (exact) mass is 192 g/mol. The van der Waals surface area contributed by atoms with Crippen molar-refractivity contribution >= 4 is 0 Å². The van der Waals surface area contributed by atoms with E-state index in [1.54, 1.807) is 6.20 Å². The van der Waals surface area contributed by atoms with Gasteiger partial charge in [-0.15, -0.1) is 0 Å². The van der Waals surface area contributed by atoms with Crippen LogP contribution in [0.15, 0.2) is 18.3 Å². The lowest BCUT2D eigenvalue weighted by Gasteiger charge is -2.23. The van der Waals surface area contributed by atoms with Gasteiger partial charge in [0.2, 0.25) is 0 Å². The second kappa shape index (κ2) is 4.42. The Balaban J connectivity index is 1.95. The molecule has 1 fully saturated rings. The summed E-state index contributed by atoms with van der Waals surface area (Å²) >= 11 is 0. The van der Waals surface area contributed by atoms with Crippen LogP contribution in [0, 0.1) is 6.92 Å². The fraction of sp³-hybridized carbons (Fsp3) is 0.545. The zero-order valence-corrected chi connectivity index (χ0v) is 8.49. The van der Waals surface area contributed by atoms with Gasteiger partial charge in [0.05, 0.1) is 0 Å². The Labute approximate surface area is 84.5 Å². The molecular formula is C11H16N2O.